The van der Waals surface area contributed by atoms with Gasteiger partial charge in [0.2, 0.25) is 0 Å². The van der Waals surface area contributed by atoms with Crippen LogP contribution in [-0.2, 0) is 4.74 Å². The van der Waals surface area contributed by atoms with Crippen LogP contribution in [0.25, 0.3) is 0 Å². The number of nitrogens with one attached hydrogen (secondary N) is 2. The van der Waals surface area contributed by atoms with E-state index in [1.165, 1.54) is 32.1 Å². The third kappa shape index (κ3) is 7.48. The highest BCUT2D eigenvalue weighted by molar-refractivity contribution is 5.79. The molecule has 1 aliphatic carbocycles. The molecule has 22 heavy (non-hydrogen) atoms. The molecule has 0 saturated heterocycles. The zero-order chi connectivity index (χ0) is 16.5. The van der Waals surface area contributed by atoms with Crippen molar-refractivity contribution in [2.45, 2.75) is 66.2 Å². The molecule has 0 unspecified atom stereocenters. The van der Waals surface area contributed by atoms with Crippen LogP contribution in [0.1, 0.15) is 66.2 Å². The number of guanidine groups is 1. The minimum atomic E-state index is 0.393. The number of methoxy groups -OCH3 is 1. The first kappa shape index (κ1) is 19.3. The zero-order valence-electron chi connectivity index (χ0n) is 15.4. The first-order chi connectivity index (χ1) is 10.4. The molecule has 0 amide bonds. The molecule has 130 valence electrons. The maximum Gasteiger partial charge on any atom is 0.191 e. The molecule has 0 aromatic heterocycles. The van der Waals surface area contributed by atoms with Crippen LogP contribution in [0.3, 0.4) is 0 Å². The molecular weight excluding hydrogens is 274 g/mol. The summed E-state index contributed by atoms with van der Waals surface area (Å²) >= 11 is 0. The Balaban J connectivity index is 2.40. The van der Waals surface area contributed by atoms with E-state index in [1.54, 1.807) is 7.11 Å². The second kappa shape index (κ2) is 9.39. The van der Waals surface area contributed by atoms with Gasteiger partial charge in [-0.1, -0.05) is 27.2 Å². The smallest absolute Gasteiger partial charge is 0.191 e. The number of rotatable bonds is 9. The Labute approximate surface area is 137 Å². The number of nitrogens with zero attached hydrogens (tertiary/aromatic N) is 1. The lowest BCUT2D eigenvalue weighted by Gasteiger charge is -2.40. The monoisotopic (exact) mass is 311 g/mol. The van der Waals surface area contributed by atoms with Crippen molar-refractivity contribution >= 4 is 5.96 Å². The van der Waals surface area contributed by atoms with Gasteiger partial charge in [-0.05, 0) is 49.9 Å². The van der Waals surface area contributed by atoms with Crippen molar-refractivity contribution in [2.24, 2.45) is 15.8 Å². The summed E-state index contributed by atoms with van der Waals surface area (Å²) < 4.78 is 5.26. The normalized spacial score (nSPS) is 18.0. The van der Waals surface area contributed by atoms with Crippen LogP contribution in [-0.4, -0.2) is 39.3 Å². The van der Waals surface area contributed by atoms with Gasteiger partial charge in [-0.3, -0.25) is 4.99 Å². The van der Waals surface area contributed by atoms with Gasteiger partial charge in [-0.25, -0.2) is 0 Å². The minimum Gasteiger partial charge on any atom is -0.385 e. The molecule has 1 fully saturated rings. The molecule has 1 rings (SSSR count). The first-order valence-electron chi connectivity index (χ1n) is 8.92. The Morgan fingerprint density at radius 2 is 1.95 bits per heavy atom. The van der Waals surface area contributed by atoms with Gasteiger partial charge >= 0.3 is 0 Å². The maximum absolute atomic E-state index is 5.26. The molecule has 0 aromatic rings. The number of hydrogen-bond donors (Lipinski definition) is 2. The second-order valence-corrected chi connectivity index (χ2v) is 7.88. The van der Waals surface area contributed by atoms with E-state index in [9.17, 15) is 0 Å². The highest BCUT2D eigenvalue weighted by atomic mass is 16.5. The van der Waals surface area contributed by atoms with E-state index in [-0.39, 0.29) is 0 Å². The van der Waals surface area contributed by atoms with Crippen LogP contribution in [0, 0.1) is 10.8 Å². The SMILES string of the molecule is CCNC(=NCC1(CCOC)CCC1)NCCCC(C)(C)C. The molecule has 0 spiro atoms. The topological polar surface area (TPSA) is 45.7 Å². The largest absolute Gasteiger partial charge is 0.385 e. The summed E-state index contributed by atoms with van der Waals surface area (Å²) in [5, 5.41) is 6.84. The van der Waals surface area contributed by atoms with Crippen molar-refractivity contribution in [1.82, 2.24) is 10.6 Å². The number of hydrogen-bond acceptors (Lipinski definition) is 2. The first-order valence-corrected chi connectivity index (χ1v) is 8.92. The Morgan fingerprint density at radius 1 is 1.23 bits per heavy atom. The summed E-state index contributed by atoms with van der Waals surface area (Å²) in [5.41, 5.74) is 0.803. The van der Waals surface area contributed by atoms with Crippen molar-refractivity contribution in [3.8, 4) is 0 Å². The van der Waals surface area contributed by atoms with E-state index in [0.29, 0.717) is 10.8 Å². The van der Waals surface area contributed by atoms with E-state index in [2.05, 4.69) is 38.3 Å². The minimum absolute atomic E-state index is 0.393. The lowest BCUT2D eigenvalue weighted by molar-refractivity contribution is 0.0778. The average Bonchev–Trinajstić information content (AvgIpc) is 2.40. The van der Waals surface area contributed by atoms with Crippen LogP contribution in [0.15, 0.2) is 4.99 Å². The van der Waals surface area contributed by atoms with Crippen LogP contribution < -0.4 is 10.6 Å². The fourth-order valence-electron chi connectivity index (χ4n) is 2.90. The van der Waals surface area contributed by atoms with Gasteiger partial charge < -0.3 is 15.4 Å². The fourth-order valence-corrected chi connectivity index (χ4v) is 2.90. The van der Waals surface area contributed by atoms with Gasteiger partial charge in [0.05, 0.1) is 0 Å². The predicted octanol–water partition coefficient (Wildman–Crippen LogP) is 3.57. The van der Waals surface area contributed by atoms with Crippen LogP contribution in [0.5, 0.6) is 0 Å². The van der Waals surface area contributed by atoms with E-state index in [1.807, 2.05) is 0 Å². The third-order valence-electron chi connectivity index (χ3n) is 4.56. The lowest BCUT2D eigenvalue weighted by Crippen LogP contribution is -2.40. The van der Waals surface area contributed by atoms with Gasteiger partial charge in [0.25, 0.3) is 0 Å². The summed E-state index contributed by atoms with van der Waals surface area (Å²) in [5.74, 6) is 0.972. The van der Waals surface area contributed by atoms with Crippen molar-refractivity contribution in [3.05, 3.63) is 0 Å². The standard InChI is InChI=1S/C18H37N3O/c1-6-19-16(20-13-8-9-17(2,3)4)21-15-18(10-7-11-18)12-14-22-5/h6-15H2,1-5H3,(H2,19,20,21). The predicted molar refractivity (Wildman–Crippen MR) is 95.4 cm³/mol. The molecular formula is C18H37N3O. The third-order valence-corrected chi connectivity index (χ3v) is 4.56. The van der Waals surface area contributed by atoms with E-state index in [0.717, 1.165) is 38.6 Å². The molecule has 0 radical (unpaired) electrons. The number of ether oxygens (including phenoxy) is 1. The Bertz CT molecular complexity index is 330. The molecule has 0 aromatic carbocycles. The summed E-state index contributed by atoms with van der Waals surface area (Å²) in [7, 11) is 1.79. The molecule has 2 N–H and O–H groups in total. The summed E-state index contributed by atoms with van der Waals surface area (Å²) in [6.07, 6.45) is 7.48. The second-order valence-electron chi connectivity index (χ2n) is 7.88. The van der Waals surface area contributed by atoms with Gasteiger partial charge in [0, 0.05) is 33.4 Å². The highest BCUT2D eigenvalue weighted by Crippen LogP contribution is 2.44. The Morgan fingerprint density at radius 3 is 2.45 bits per heavy atom. The molecule has 4 heteroatoms. The summed E-state index contributed by atoms with van der Waals surface area (Å²) in [6, 6.07) is 0. The average molecular weight is 312 g/mol. The highest BCUT2D eigenvalue weighted by Gasteiger charge is 2.36. The van der Waals surface area contributed by atoms with Crippen LogP contribution >= 0.6 is 0 Å². The van der Waals surface area contributed by atoms with E-state index < -0.39 is 0 Å². The molecule has 0 heterocycles. The Hall–Kier alpha value is -0.770. The summed E-state index contributed by atoms with van der Waals surface area (Å²) in [6.45, 7) is 12.7. The molecule has 0 bridgehead atoms. The summed E-state index contributed by atoms with van der Waals surface area (Å²) in [4.78, 5) is 4.83. The molecule has 1 saturated carbocycles. The van der Waals surface area contributed by atoms with Crippen molar-refractivity contribution < 1.29 is 4.74 Å². The van der Waals surface area contributed by atoms with Crippen molar-refractivity contribution in [3.63, 3.8) is 0 Å². The van der Waals surface area contributed by atoms with Crippen molar-refractivity contribution in [2.75, 3.05) is 33.4 Å². The van der Waals surface area contributed by atoms with Gasteiger partial charge in [-0.2, -0.15) is 0 Å². The van der Waals surface area contributed by atoms with Crippen molar-refractivity contribution in [1.29, 1.82) is 0 Å². The molecule has 0 aliphatic heterocycles. The van der Waals surface area contributed by atoms with Gasteiger partial charge in [0.1, 0.15) is 0 Å². The van der Waals surface area contributed by atoms with E-state index >= 15 is 0 Å². The molecule has 1 aliphatic rings. The van der Waals surface area contributed by atoms with Crippen LogP contribution in [0.4, 0.5) is 0 Å². The van der Waals surface area contributed by atoms with E-state index in [4.69, 9.17) is 9.73 Å². The fraction of sp³-hybridized carbons (Fsp3) is 0.944. The molecule has 4 nitrogen and oxygen atoms in total. The lowest BCUT2D eigenvalue weighted by atomic mass is 9.67. The zero-order valence-corrected chi connectivity index (χ0v) is 15.4. The number of aliphatic imine (C=N–C) groups is 1. The van der Waals surface area contributed by atoms with Gasteiger partial charge in [0.15, 0.2) is 5.96 Å². The Kier molecular flexibility index (Phi) is 8.23. The maximum atomic E-state index is 5.26. The van der Waals surface area contributed by atoms with Gasteiger partial charge in [-0.15, -0.1) is 0 Å². The van der Waals surface area contributed by atoms with Crippen LogP contribution in [0.2, 0.25) is 0 Å². The quantitative estimate of drug-likeness (QED) is 0.389. The molecule has 0 atom stereocenters.